The van der Waals surface area contributed by atoms with Gasteiger partial charge in [0.15, 0.2) is 5.65 Å². The molecule has 3 nitrogen and oxygen atoms in total. The third kappa shape index (κ3) is 1.99. The second-order valence-electron chi connectivity index (χ2n) is 6.15. The van der Waals surface area contributed by atoms with Crippen LogP contribution in [-0.2, 0) is 5.41 Å². The molecule has 3 rings (SSSR count). The van der Waals surface area contributed by atoms with Crippen molar-refractivity contribution in [2.45, 2.75) is 33.1 Å². The first-order chi connectivity index (χ1) is 9.48. The van der Waals surface area contributed by atoms with Crippen molar-refractivity contribution in [2.24, 2.45) is 0 Å². The van der Waals surface area contributed by atoms with Gasteiger partial charge in [-0.2, -0.15) is 0 Å². The number of nitrogens with zero attached hydrogens (tertiary/aromatic N) is 3. The predicted octanol–water partition coefficient (Wildman–Crippen LogP) is 4.03. The van der Waals surface area contributed by atoms with Gasteiger partial charge in [-0.15, -0.1) is 0 Å². The van der Waals surface area contributed by atoms with E-state index in [1.54, 1.807) is 0 Å². The molecule has 0 spiro atoms. The zero-order valence-electron chi connectivity index (χ0n) is 12.4. The predicted molar refractivity (Wildman–Crippen MR) is 82.3 cm³/mol. The Hall–Kier alpha value is -2.16. The molecule has 0 saturated heterocycles. The van der Waals surface area contributed by atoms with Crippen molar-refractivity contribution in [1.29, 1.82) is 0 Å². The van der Waals surface area contributed by atoms with Crippen molar-refractivity contribution in [2.75, 3.05) is 0 Å². The Balaban J connectivity index is 2.41. The molecule has 0 N–H and O–H groups in total. The molecule has 0 radical (unpaired) electrons. The van der Waals surface area contributed by atoms with Crippen LogP contribution in [0.3, 0.4) is 0 Å². The molecule has 0 amide bonds. The number of aromatic nitrogens is 3. The second kappa shape index (κ2) is 4.44. The van der Waals surface area contributed by atoms with E-state index >= 15 is 0 Å². The van der Waals surface area contributed by atoms with Crippen LogP contribution in [0.4, 0.5) is 0 Å². The second-order valence-corrected chi connectivity index (χ2v) is 6.15. The van der Waals surface area contributed by atoms with E-state index in [9.17, 15) is 0 Å². The molecule has 0 aliphatic carbocycles. The molecule has 1 aromatic carbocycles. The topological polar surface area (TPSA) is 30.7 Å². The third-order valence-electron chi connectivity index (χ3n) is 3.44. The standard InChI is InChI=1S/C17H19N3/c1-12-8-5-6-10-14(12)20-15-13(9-7-11-18-15)19-16(20)17(2,3)4/h5-11H,1-4H3. The minimum atomic E-state index is -0.0387. The van der Waals surface area contributed by atoms with Gasteiger partial charge in [0.2, 0.25) is 0 Å². The minimum absolute atomic E-state index is 0.0387. The molecule has 0 unspecified atom stereocenters. The average Bonchev–Trinajstić information content (AvgIpc) is 2.79. The lowest BCUT2D eigenvalue weighted by molar-refractivity contribution is 0.538. The molecule has 2 aromatic heterocycles. The molecule has 0 fully saturated rings. The molecule has 0 aliphatic rings. The van der Waals surface area contributed by atoms with Crippen molar-refractivity contribution in [3.63, 3.8) is 0 Å². The summed E-state index contributed by atoms with van der Waals surface area (Å²) in [7, 11) is 0. The number of fused-ring (bicyclic) bond motifs is 1. The van der Waals surface area contributed by atoms with Crippen LogP contribution in [0.2, 0.25) is 0 Å². The van der Waals surface area contributed by atoms with Crippen LogP contribution >= 0.6 is 0 Å². The Morgan fingerprint density at radius 3 is 2.45 bits per heavy atom. The number of pyridine rings is 1. The summed E-state index contributed by atoms with van der Waals surface area (Å²) >= 11 is 0. The highest BCUT2D eigenvalue weighted by Gasteiger charge is 2.24. The zero-order chi connectivity index (χ0) is 14.3. The summed E-state index contributed by atoms with van der Waals surface area (Å²) in [6.07, 6.45) is 1.82. The van der Waals surface area contributed by atoms with Crippen molar-refractivity contribution in [1.82, 2.24) is 14.5 Å². The number of rotatable bonds is 1. The molecule has 20 heavy (non-hydrogen) atoms. The Kier molecular flexibility index (Phi) is 2.85. The Labute approximate surface area is 119 Å². The molecule has 0 bridgehead atoms. The Bertz CT molecular complexity index is 763. The van der Waals surface area contributed by atoms with E-state index in [-0.39, 0.29) is 5.41 Å². The van der Waals surface area contributed by atoms with E-state index in [4.69, 9.17) is 4.98 Å². The molecule has 0 saturated carbocycles. The monoisotopic (exact) mass is 265 g/mol. The maximum absolute atomic E-state index is 4.80. The smallest absolute Gasteiger partial charge is 0.164 e. The summed E-state index contributed by atoms with van der Waals surface area (Å²) in [5.74, 6) is 1.04. The first kappa shape index (κ1) is 12.9. The van der Waals surface area contributed by atoms with Gasteiger partial charge in [0, 0.05) is 11.6 Å². The van der Waals surface area contributed by atoms with Crippen LogP contribution in [0.1, 0.15) is 32.2 Å². The van der Waals surface area contributed by atoms with Gasteiger partial charge in [-0.05, 0) is 30.7 Å². The summed E-state index contributed by atoms with van der Waals surface area (Å²) in [4.78, 5) is 9.34. The molecule has 3 aromatic rings. The van der Waals surface area contributed by atoms with Gasteiger partial charge in [-0.1, -0.05) is 39.0 Å². The van der Waals surface area contributed by atoms with Crippen molar-refractivity contribution in [3.05, 3.63) is 54.0 Å². The fourth-order valence-corrected chi connectivity index (χ4v) is 2.46. The van der Waals surface area contributed by atoms with E-state index in [0.717, 1.165) is 22.7 Å². The van der Waals surface area contributed by atoms with Crippen LogP contribution < -0.4 is 0 Å². The van der Waals surface area contributed by atoms with E-state index in [1.807, 2.05) is 18.3 Å². The van der Waals surface area contributed by atoms with E-state index in [1.165, 1.54) is 5.56 Å². The minimum Gasteiger partial charge on any atom is -0.280 e. The van der Waals surface area contributed by atoms with Crippen LogP contribution in [0.25, 0.3) is 16.9 Å². The molecular weight excluding hydrogens is 246 g/mol. The molecule has 2 heterocycles. The Morgan fingerprint density at radius 2 is 1.75 bits per heavy atom. The van der Waals surface area contributed by atoms with Gasteiger partial charge in [0.05, 0.1) is 5.69 Å². The molecule has 0 atom stereocenters. The largest absolute Gasteiger partial charge is 0.280 e. The number of hydrogen-bond donors (Lipinski definition) is 0. The SMILES string of the molecule is Cc1ccccc1-n1c(C(C)(C)C)nc2cccnc21. The highest BCUT2D eigenvalue weighted by molar-refractivity contribution is 5.74. The number of benzene rings is 1. The fourth-order valence-electron chi connectivity index (χ4n) is 2.46. The summed E-state index contributed by atoms with van der Waals surface area (Å²) in [6, 6.07) is 12.3. The average molecular weight is 265 g/mol. The number of hydrogen-bond acceptors (Lipinski definition) is 2. The van der Waals surface area contributed by atoms with Crippen LogP contribution in [0.5, 0.6) is 0 Å². The first-order valence-corrected chi connectivity index (χ1v) is 6.88. The third-order valence-corrected chi connectivity index (χ3v) is 3.44. The van der Waals surface area contributed by atoms with Crippen LogP contribution in [0.15, 0.2) is 42.6 Å². The summed E-state index contributed by atoms with van der Waals surface area (Å²) in [6.45, 7) is 8.67. The number of aryl methyl sites for hydroxylation is 1. The van der Waals surface area contributed by atoms with Crippen molar-refractivity contribution in [3.8, 4) is 5.69 Å². The first-order valence-electron chi connectivity index (χ1n) is 6.88. The van der Waals surface area contributed by atoms with E-state index < -0.39 is 0 Å². The molecular formula is C17H19N3. The van der Waals surface area contributed by atoms with Gasteiger partial charge in [-0.25, -0.2) is 9.97 Å². The lowest BCUT2D eigenvalue weighted by Crippen LogP contribution is -2.18. The van der Waals surface area contributed by atoms with Crippen LogP contribution in [-0.4, -0.2) is 14.5 Å². The van der Waals surface area contributed by atoms with Crippen LogP contribution in [0, 0.1) is 6.92 Å². The van der Waals surface area contributed by atoms with Gasteiger partial charge in [0.25, 0.3) is 0 Å². The molecule has 102 valence electrons. The number of para-hydroxylation sites is 1. The quantitative estimate of drug-likeness (QED) is 0.665. The van der Waals surface area contributed by atoms with E-state index in [0.29, 0.717) is 0 Å². The maximum Gasteiger partial charge on any atom is 0.164 e. The highest BCUT2D eigenvalue weighted by Crippen LogP contribution is 2.29. The normalized spacial score (nSPS) is 12.0. The lowest BCUT2D eigenvalue weighted by Gasteiger charge is -2.20. The fraction of sp³-hybridized carbons (Fsp3) is 0.294. The van der Waals surface area contributed by atoms with Gasteiger partial charge >= 0.3 is 0 Å². The van der Waals surface area contributed by atoms with Gasteiger partial charge in [0.1, 0.15) is 11.3 Å². The summed E-state index contributed by atoms with van der Waals surface area (Å²) in [5, 5.41) is 0. The summed E-state index contributed by atoms with van der Waals surface area (Å²) in [5.41, 5.74) is 4.21. The van der Waals surface area contributed by atoms with Crippen molar-refractivity contribution >= 4 is 11.2 Å². The molecule has 3 heteroatoms. The van der Waals surface area contributed by atoms with Gasteiger partial charge in [-0.3, -0.25) is 4.57 Å². The van der Waals surface area contributed by atoms with Crippen molar-refractivity contribution < 1.29 is 0 Å². The Morgan fingerprint density at radius 1 is 1.00 bits per heavy atom. The maximum atomic E-state index is 4.80. The zero-order valence-corrected chi connectivity index (χ0v) is 12.4. The van der Waals surface area contributed by atoms with Gasteiger partial charge < -0.3 is 0 Å². The number of imidazole rings is 1. The lowest BCUT2D eigenvalue weighted by atomic mass is 9.95. The van der Waals surface area contributed by atoms with E-state index in [2.05, 4.69) is 61.5 Å². The highest BCUT2D eigenvalue weighted by atomic mass is 15.1. The summed E-state index contributed by atoms with van der Waals surface area (Å²) < 4.78 is 2.19. The molecule has 0 aliphatic heterocycles.